The first kappa shape index (κ1) is 16.8. The van der Waals surface area contributed by atoms with Crippen LogP contribution in [0.2, 0.25) is 0 Å². The summed E-state index contributed by atoms with van der Waals surface area (Å²) in [6.07, 6.45) is -5.67. The molecule has 0 spiro atoms. The van der Waals surface area contributed by atoms with E-state index in [2.05, 4.69) is 0 Å². The largest absolute Gasteiger partial charge is 0.397 e. The molecule has 0 aliphatic rings. The van der Waals surface area contributed by atoms with E-state index in [1.807, 2.05) is 4.72 Å². The van der Waals surface area contributed by atoms with E-state index >= 15 is 0 Å². The number of rotatable bonds is 4. The summed E-state index contributed by atoms with van der Waals surface area (Å²) in [7, 11) is -4.09. The Labute approximate surface area is 116 Å². The Morgan fingerprint density at radius 1 is 1.25 bits per heavy atom. The number of alkyl halides is 3. The molecule has 1 atom stereocenters. The van der Waals surface area contributed by atoms with E-state index in [-0.39, 0.29) is 10.6 Å². The number of sulfonamides is 1. The standard InChI is InChI=1S/C12H17F3N2O2S/c1-7-4-5-8(2)11(10(7)16)20(18,19)17-9(3)6-12(13,14)15/h4-5,9,17H,6,16H2,1-3H3. The SMILES string of the molecule is Cc1ccc(C)c(S(=O)(=O)NC(C)CC(F)(F)F)c1N. The zero-order valence-electron chi connectivity index (χ0n) is 11.4. The van der Waals surface area contributed by atoms with Gasteiger partial charge in [-0.05, 0) is 31.9 Å². The van der Waals surface area contributed by atoms with E-state index in [1.54, 1.807) is 26.0 Å². The molecule has 3 N–H and O–H groups in total. The van der Waals surface area contributed by atoms with Gasteiger partial charge in [-0.2, -0.15) is 13.2 Å². The van der Waals surface area contributed by atoms with Crippen molar-refractivity contribution in [3.05, 3.63) is 23.3 Å². The van der Waals surface area contributed by atoms with Crippen LogP contribution in [-0.2, 0) is 10.0 Å². The molecule has 8 heteroatoms. The minimum Gasteiger partial charge on any atom is -0.397 e. The van der Waals surface area contributed by atoms with Gasteiger partial charge < -0.3 is 5.73 Å². The minimum absolute atomic E-state index is 0.0525. The number of anilines is 1. The van der Waals surface area contributed by atoms with Gasteiger partial charge >= 0.3 is 6.18 Å². The van der Waals surface area contributed by atoms with E-state index in [0.717, 1.165) is 6.92 Å². The molecule has 0 bridgehead atoms. The second-order valence-electron chi connectivity index (χ2n) is 4.78. The van der Waals surface area contributed by atoms with Crippen LogP contribution < -0.4 is 10.5 Å². The second kappa shape index (κ2) is 5.61. The Morgan fingerprint density at radius 2 is 1.75 bits per heavy atom. The van der Waals surface area contributed by atoms with Gasteiger partial charge in [0.2, 0.25) is 10.0 Å². The first-order valence-corrected chi connectivity index (χ1v) is 7.37. The van der Waals surface area contributed by atoms with Gasteiger partial charge in [0.25, 0.3) is 0 Å². The van der Waals surface area contributed by atoms with Crippen molar-refractivity contribution in [1.29, 1.82) is 0 Å². The fraction of sp³-hybridized carbons (Fsp3) is 0.500. The fourth-order valence-corrected chi connectivity index (χ4v) is 3.55. The lowest BCUT2D eigenvalue weighted by atomic mass is 10.1. The Morgan fingerprint density at radius 3 is 2.25 bits per heavy atom. The first-order valence-electron chi connectivity index (χ1n) is 5.89. The van der Waals surface area contributed by atoms with Gasteiger partial charge in [0.1, 0.15) is 4.90 Å². The Bertz CT molecular complexity index is 597. The van der Waals surface area contributed by atoms with Crippen LogP contribution in [0.4, 0.5) is 18.9 Å². The molecule has 20 heavy (non-hydrogen) atoms. The van der Waals surface area contributed by atoms with E-state index in [4.69, 9.17) is 5.73 Å². The van der Waals surface area contributed by atoms with Crippen LogP contribution in [-0.4, -0.2) is 20.6 Å². The highest BCUT2D eigenvalue weighted by Gasteiger charge is 2.32. The predicted octanol–water partition coefficient (Wildman–Crippen LogP) is 2.50. The molecule has 0 aliphatic carbocycles. The van der Waals surface area contributed by atoms with Gasteiger partial charge in [-0.15, -0.1) is 0 Å². The third-order valence-electron chi connectivity index (χ3n) is 2.77. The van der Waals surface area contributed by atoms with Crippen LogP contribution >= 0.6 is 0 Å². The highest BCUT2D eigenvalue weighted by Crippen LogP contribution is 2.27. The van der Waals surface area contributed by atoms with Crippen molar-refractivity contribution in [3.63, 3.8) is 0 Å². The molecule has 4 nitrogen and oxygen atoms in total. The third kappa shape index (κ3) is 4.11. The molecule has 1 unspecified atom stereocenters. The monoisotopic (exact) mass is 310 g/mol. The summed E-state index contributed by atoms with van der Waals surface area (Å²) in [6.45, 7) is 4.33. The maximum absolute atomic E-state index is 12.2. The summed E-state index contributed by atoms with van der Waals surface area (Å²) in [6, 6.07) is 1.96. The molecule has 1 rings (SSSR count). The summed E-state index contributed by atoms with van der Waals surface area (Å²) in [5.74, 6) is 0. The Kier molecular flexibility index (Phi) is 4.70. The summed E-state index contributed by atoms with van der Waals surface area (Å²) >= 11 is 0. The molecule has 0 amide bonds. The van der Waals surface area contributed by atoms with Crippen LogP contribution in [0.15, 0.2) is 17.0 Å². The molecule has 114 valence electrons. The molecule has 1 aromatic carbocycles. The van der Waals surface area contributed by atoms with Crippen molar-refractivity contribution in [2.75, 3.05) is 5.73 Å². The normalized spacial score (nSPS) is 14.3. The number of benzene rings is 1. The lowest BCUT2D eigenvalue weighted by Crippen LogP contribution is -2.36. The van der Waals surface area contributed by atoms with Crippen molar-refractivity contribution >= 4 is 15.7 Å². The number of nitrogens with two attached hydrogens (primary N) is 1. The highest BCUT2D eigenvalue weighted by atomic mass is 32.2. The van der Waals surface area contributed by atoms with Gasteiger partial charge in [0.05, 0.1) is 12.1 Å². The molecule has 0 fully saturated rings. The van der Waals surface area contributed by atoms with Crippen molar-refractivity contribution in [2.24, 2.45) is 0 Å². The third-order valence-corrected chi connectivity index (χ3v) is 4.57. The number of aryl methyl sites for hydroxylation is 2. The second-order valence-corrected chi connectivity index (χ2v) is 6.43. The van der Waals surface area contributed by atoms with Crippen molar-refractivity contribution < 1.29 is 21.6 Å². The van der Waals surface area contributed by atoms with E-state index in [1.165, 1.54) is 0 Å². The zero-order valence-corrected chi connectivity index (χ0v) is 12.2. The van der Waals surface area contributed by atoms with Crippen molar-refractivity contribution in [2.45, 2.75) is 44.3 Å². The van der Waals surface area contributed by atoms with Crippen LogP contribution in [0.25, 0.3) is 0 Å². The van der Waals surface area contributed by atoms with Crippen molar-refractivity contribution in [3.8, 4) is 0 Å². The molecule has 0 aliphatic heterocycles. The highest BCUT2D eigenvalue weighted by molar-refractivity contribution is 7.89. The van der Waals surface area contributed by atoms with E-state index in [9.17, 15) is 21.6 Å². The molecule has 0 radical (unpaired) electrons. The van der Waals surface area contributed by atoms with Gasteiger partial charge in [0.15, 0.2) is 0 Å². The lowest BCUT2D eigenvalue weighted by Gasteiger charge is -2.18. The van der Waals surface area contributed by atoms with Gasteiger partial charge in [0, 0.05) is 6.04 Å². The zero-order chi connectivity index (χ0) is 15.7. The lowest BCUT2D eigenvalue weighted by molar-refractivity contribution is -0.137. The van der Waals surface area contributed by atoms with E-state index < -0.39 is 28.7 Å². The minimum atomic E-state index is -4.44. The van der Waals surface area contributed by atoms with Gasteiger partial charge in [-0.25, -0.2) is 13.1 Å². The quantitative estimate of drug-likeness (QED) is 0.839. The topological polar surface area (TPSA) is 72.2 Å². The summed E-state index contributed by atoms with van der Waals surface area (Å²) in [5.41, 5.74) is 6.73. The number of hydrogen-bond acceptors (Lipinski definition) is 3. The maximum atomic E-state index is 12.2. The molecule has 0 saturated heterocycles. The number of nitrogen functional groups attached to an aromatic ring is 1. The van der Waals surface area contributed by atoms with Gasteiger partial charge in [-0.3, -0.25) is 0 Å². The molecule has 0 aromatic heterocycles. The van der Waals surface area contributed by atoms with Gasteiger partial charge in [-0.1, -0.05) is 12.1 Å². The molecular weight excluding hydrogens is 293 g/mol. The summed E-state index contributed by atoms with van der Waals surface area (Å²) < 4.78 is 63.1. The van der Waals surface area contributed by atoms with Crippen LogP contribution in [0, 0.1) is 13.8 Å². The number of nitrogens with one attached hydrogen (secondary N) is 1. The maximum Gasteiger partial charge on any atom is 0.390 e. The van der Waals surface area contributed by atoms with Crippen LogP contribution in [0.5, 0.6) is 0 Å². The Hall–Kier alpha value is -1.28. The number of hydrogen-bond donors (Lipinski definition) is 2. The van der Waals surface area contributed by atoms with Crippen LogP contribution in [0.3, 0.4) is 0 Å². The van der Waals surface area contributed by atoms with Crippen molar-refractivity contribution in [1.82, 2.24) is 4.72 Å². The molecule has 0 saturated carbocycles. The van der Waals surface area contributed by atoms with E-state index in [0.29, 0.717) is 11.1 Å². The Balaban J connectivity index is 3.10. The predicted molar refractivity (Wildman–Crippen MR) is 70.8 cm³/mol. The first-order chi connectivity index (χ1) is 8.94. The summed E-state index contributed by atoms with van der Waals surface area (Å²) in [4.78, 5) is -0.161. The fourth-order valence-electron chi connectivity index (χ4n) is 1.88. The smallest absolute Gasteiger partial charge is 0.390 e. The molecule has 0 heterocycles. The average Bonchev–Trinajstić information content (AvgIpc) is 2.19. The average molecular weight is 310 g/mol. The van der Waals surface area contributed by atoms with Crippen LogP contribution in [0.1, 0.15) is 24.5 Å². The number of halogens is 3. The summed E-state index contributed by atoms with van der Waals surface area (Å²) in [5, 5.41) is 0. The molecule has 1 aromatic rings. The molecular formula is C12H17F3N2O2S.